The second-order valence-corrected chi connectivity index (χ2v) is 12.0. The molecule has 0 unspecified atom stereocenters. The molecule has 3 aliphatic rings. The molecule has 0 atom stereocenters. The van der Waals surface area contributed by atoms with Crippen molar-refractivity contribution in [2.45, 2.75) is 31.1 Å². The smallest absolute Gasteiger partial charge is 0.232 e. The van der Waals surface area contributed by atoms with Crippen molar-refractivity contribution >= 4 is 52.2 Å². The Kier molecular flexibility index (Phi) is 8.74. The third-order valence-electron chi connectivity index (χ3n) is 8.57. The molecule has 1 aliphatic carbocycles. The van der Waals surface area contributed by atoms with E-state index < -0.39 is 0 Å². The van der Waals surface area contributed by atoms with Crippen LogP contribution in [-0.2, 0) is 10.2 Å². The van der Waals surface area contributed by atoms with Crippen molar-refractivity contribution in [1.82, 2.24) is 15.3 Å². The summed E-state index contributed by atoms with van der Waals surface area (Å²) in [6.07, 6.45) is 4.65. The summed E-state index contributed by atoms with van der Waals surface area (Å²) in [7, 11) is 0. The summed E-state index contributed by atoms with van der Waals surface area (Å²) in [6, 6.07) is 21.0. The van der Waals surface area contributed by atoms with Gasteiger partial charge >= 0.3 is 0 Å². The van der Waals surface area contributed by atoms with Gasteiger partial charge < -0.3 is 30.1 Å². The highest BCUT2D eigenvalue weighted by Gasteiger charge is 2.36. The third-order valence-corrected chi connectivity index (χ3v) is 9.05. The fourth-order valence-electron chi connectivity index (χ4n) is 6.26. The fraction of sp³-hybridized carbons (Fsp3) is 0.452. The van der Waals surface area contributed by atoms with E-state index in [4.69, 9.17) is 38.5 Å². The number of anilines is 4. The number of aromatic nitrogens is 2. The molecule has 41 heavy (non-hydrogen) atoms. The molecule has 1 aromatic heterocycles. The van der Waals surface area contributed by atoms with E-state index in [1.54, 1.807) is 0 Å². The fourth-order valence-corrected chi connectivity index (χ4v) is 6.61. The first kappa shape index (κ1) is 28.0. The van der Waals surface area contributed by atoms with Gasteiger partial charge in [-0.3, -0.25) is 0 Å². The van der Waals surface area contributed by atoms with Gasteiger partial charge in [0, 0.05) is 68.0 Å². The number of nitrogens with zero attached hydrogens (tertiary/aromatic N) is 5. The highest BCUT2D eigenvalue weighted by molar-refractivity contribution is 7.80. The summed E-state index contributed by atoms with van der Waals surface area (Å²) in [5.74, 6) is 2.35. The maximum Gasteiger partial charge on any atom is 0.232 e. The zero-order valence-electron chi connectivity index (χ0n) is 23.4. The molecule has 0 bridgehead atoms. The van der Waals surface area contributed by atoms with E-state index in [-0.39, 0.29) is 5.41 Å². The van der Waals surface area contributed by atoms with Gasteiger partial charge in [0.05, 0.1) is 13.2 Å². The van der Waals surface area contributed by atoms with E-state index in [2.05, 4.69) is 73.9 Å². The molecule has 2 saturated heterocycles. The first-order valence-electron chi connectivity index (χ1n) is 14.7. The van der Waals surface area contributed by atoms with E-state index in [1.807, 2.05) is 12.1 Å². The number of para-hydroxylation sites is 1. The van der Waals surface area contributed by atoms with Gasteiger partial charge in [0.15, 0.2) is 5.11 Å². The number of nitrogens with one attached hydrogen (secondary N) is 2. The molecule has 10 heteroatoms. The number of halogens is 1. The van der Waals surface area contributed by atoms with Crippen LogP contribution in [0.4, 0.5) is 23.3 Å². The number of thiocarbonyl (C=S) groups is 1. The molecule has 216 valence electrons. The molecular formula is C31H38ClN7OS. The predicted octanol–water partition coefficient (Wildman–Crippen LogP) is 5.09. The maximum absolute atomic E-state index is 6.36. The summed E-state index contributed by atoms with van der Waals surface area (Å²) in [4.78, 5) is 16.9. The number of hydrogen-bond donors (Lipinski definition) is 2. The summed E-state index contributed by atoms with van der Waals surface area (Å²) in [6.45, 7) is 7.41. The zero-order valence-corrected chi connectivity index (χ0v) is 25.0. The molecule has 6 rings (SSSR count). The second-order valence-electron chi connectivity index (χ2n) is 11.1. The van der Waals surface area contributed by atoms with Crippen molar-refractivity contribution in [1.29, 1.82) is 0 Å². The molecule has 8 nitrogen and oxygen atoms in total. The van der Waals surface area contributed by atoms with Crippen LogP contribution in [0.2, 0.25) is 5.02 Å². The average molecular weight is 592 g/mol. The predicted molar refractivity (Wildman–Crippen MR) is 172 cm³/mol. The highest BCUT2D eigenvalue weighted by Crippen LogP contribution is 2.41. The Hall–Kier alpha value is -3.14. The van der Waals surface area contributed by atoms with Gasteiger partial charge in [-0.2, -0.15) is 9.97 Å². The van der Waals surface area contributed by atoms with Crippen molar-refractivity contribution in [3.63, 3.8) is 0 Å². The van der Waals surface area contributed by atoms with Crippen LogP contribution in [0.3, 0.4) is 0 Å². The van der Waals surface area contributed by atoms with Gasteiger partial charge in [-0.1, -0.05) is 54.8 Å². The number of ether oxygens (including phenoxy) is 1. The minimum Gasteiger partial charge on any atom is -0.378 e. The van der Waals surface area contributed by atoms with Crippen LogP contribution in [0, 0.1) is 0 Å². The van der Waals surface area contributed by atoms with Gasteiger partial charge in [0.1, 0.15) is 11.6 Å². The molecule has 2 aromatic carbocycles. The number of hydrogen-bond acceptors (Lipinski definition) is 7. The Morgan fingerprint density at radius 3 is 2.17 bits per heavy atom. The molecule has 0 spiro atoms. The number of benzene rings is 2. The highest BCUT2D eigenvalue weighted by atomic mass is 35.5. The monoisotopic (exact) mass is 591 g/mol. The normalized spacial score (nSPS) is 18.8. The van der Waals surface area contributed by atoms with Gasteiger partial charge in [-0.25, -0.2) is 0 Å². The van der Waals surface area contributed by atoms with Crippen LogP contribution in [0.25, 0.3) is 0 Å². The molecule has 0 radical (unpaired) electrons. The summed E-state index contributed by atoms with van der Waals surface area (Å²) < 4.78 is 5.59. The van der Waals surface area contributed by atoms with E-state index in [9.17, 15) is 0 Å². The Morgan fingerprint density at radius 1 is 0.829 bits per heavy atom. The molecule has 3 fully saturated rings. The van der Waals surface area contributed by atoms with E-state index in [0.717, 1.165) is 75.3 Å². The summed E-state index contributed by atoms with van der Waals surface area (Å²) in [5, 5.41) is 8.13. The third kappa shape index (κ3) is 6.68. The minimum atomic E-state index is 0.0245. The van der Waals surface area contributed by atoms with Gasteiger partial charge in [-0.05, 0) is 54.9 Å². The first-order valence-corrected chi connectivity index (χ1v) is 15.4. The lowest BCUT2D eigenvalue weighted by Gasteiger charge is -2.37. The van der Waals surface area contributed by atoms with Crippen molar-refractivity contribution in [3.8, 4) is 0 Å². The van der Waals surface area contributed by atoms with Gasteiger partial charge in [-0.15, -0.1) is 0 Å². The van der Waals surface area contributed by atoms with Crippen molar-refractivity contribution < 1.29 is 4.74 Å². The number of morpholine rings is 1. The summed E-state index contributed by atoms with van der Waals surface area (Å²) in [5.41, 5.74) is 2.57. The van der Waals surface area contributed by atoms with Crippen molar-refractivity contribution in [3.05, 3.63) is 71.2 Å². The van der Waals surface area contributed by atoms with Gasteiger partial charge in [0.2, 0.25) is 5.95 Å². The van der Waals surface area contributed by atoms with E-state index in [0.29, 0.717) is 24.3 Å². The second kappa shape index (κ2) is 12.8. The van der Waals surface area contributed by atoms with Crippen LogP contribution in [0.5, 0.6) is 0 Å². The SMILES string of the molecule is S=C(NCC1(c2cccc(Cl)c2)CCCC1)Nc1nc(N2CCOCC2)cc(N2CCN(c3ccccc3)CC2)n1. The lowest BCUT2D eigenvalue weighted by molar-refractivity contribution is 0.122. The Bertz CT molecular complexity index is 1320. The molecule has 3 aromatic rings. The van der Waals surface area contributed by atoms with Crippen LogP contribution < -0.4 is 25.3 Å². The van der Waals surface area contributed by atoms with Crippen molar-refractivity contribution in [2.24, 2.45) is 0 Å². The zero-order chi connectivity index (χ0) is 28.1. The quantitative estimate of drug-likeness (QED) is 0.366. The topological polar surface area (TPSA) is 68.8 Å². The summed E-state index contributed by atoms with van der Waals surface area (Å²) >= 11 is 12.1. The lowest BCUT2D eigenvalue weighted by Crippen LogP contribution is -2.47. The molecule has 2 aliphatic heterocycles. The van der Waals surface area contributed by atoms with E-state index in [1.165, 1.54) is 24.1 Å². The standard InChI is InChI=1S/C31H38ClN7OS/c32-25-8-6-7-24(21-25)31(11-4-5-12-31)23-33-30(41)36-29-34-27(22-28(35-29)39-17-19-40-20-18-39)38-15-13-37(14-16-38)26-9-2-1-3-10-26/h1-3,6-10,21-22H,4-5,11-20,23H2,(H2,33,34,35,36,41). The molecule has 2 N–H and O–H groups in total. The minimum absolute atomic E-state index is 0.0245. The number of piperazine rings is 1. The number of rotatable bonds is 7. The molecule has 3 heterocycles. The lowest BCUT2D eigenvalue weighted by atomic mass is 9.79. The van der Waals surface area contributed by atoms with Crippen molar-refractivity contribution in [2.75, 3.05) is 79.0 Å². The van der Waals surface area contributed by atoms with Crippen LogP contribution >= 0.6 is 23.8 Å². The Labute approximate surface area is 253 Å². The molecular weight excluding hydrogens is 554 g/mol. The van der Waals surface area contributed by atoms with E-state index >= 15 is 0 Å². The van der Waals surface area contributed by atoms with Crippen LogP contribution in [0.15, 0.2) is 60.7 Å². The maximum atomic E-state index is 6.36. The average Bonchev–Trinajstić information content (AvgIpc) is 3.51. The molecule has 0 amide bonds. The molecule has 1 saturated carbocycles. The first-order chi connectivity index (χ1) is 20.1. The largest absolute Gasteiger partial charge is 0.378 e. The Balaban J connectivity index is 1.16. The van der Waals surface area contributed by atoms with Crippen LogP contribution in [-0.4, -0.2) is 74.1 Å². The van der Waals surface area contributed by atoms with Crippen LogP contribution in [0.1, 0.15) is 31.2 Å². The van der Waals surface area contributed by atoms with Gasteiger partial charge in [0.25, 0.3) is 0 Å². The Morgan fingerprint density at radius 2 is 1.49 bits per heavy atom.